The molecule has 0 radical (unpaired) electrons. The van der Waals surface area contributed by atoms with E-state index in [1.54, 1.807) is 6.92 Å². The van der Waals surface area contributed by atoms with E-state index in [2.05, 4.69) is 5.32 Å². The molecule has 0 saturated carbocycles. The Morgan fingerprint density at radius 2 is 2.00 bits per heavy atom. The third kappa shape index (κ3) is 2.62. The second-order valence-electron chi connectivity index (χ2n) is 3.90. The molecule has 2 rings (SSSR count). The van der Waals surface area contributed by atoms with Gasteiger partial charge in [0.25, 0.3) is 5.91 Å². The Kier molecular flexibility index (Phi) is 3.39. The van der Waals surface area contributed by atoms with E-state index in [1.807, 2.05) is 30.3 Å². The van der Waals surface area contributed by atoms with E-state index >= 15 is 0 Å². The summed E-state index contributed by atoms with van der Waals surface area (Å²) in [6.45, 7) is 2.02. The number of nitrogens with one attached hydrogen (secondary N) is 1. The molecule has 1 aliphatic heterocycles. The van der Waals surface area contributed by atoms with Crippen LogP contribution in [0.5, 0.6) is 0 Å². The van der Waals surface area contributed by atoms with Crippen LogP contribution in [0.15, 0.2) is 30.3 Å². The Hall–Kier alpha value is -1.88. The van der Waals surface area contributed by atoms with Crippen LogP contribution in [0.4, 0.5) is 4.79 Å². The molecule has 3 amide bonds. The number of carbonyl (C=O) groups is 2. The van der Waals surface area contributed by atoms with E-state index in [1.165, 1.54) is 0 Å². The lowest BCUT2D eigenvalue weighted by Crippen LogP contribution is -2.33. The first-order valence-corrected chi connectivity index (χ1v) is 5.42. The van der Waals surface area contributed by atoms with Gasteiger partial charge in [-0.2, -0.15) is 0 Å². The fraction of sp³-hybridized carbons (Fsp3) is 0.333. The predicted octanol–water partition coefficient (Wildman–Crippen LogP) is 1.10. The zero-order valence-corrected chi connectivity index (χ0v) is 9.55. The van der Waals surface area contributed by atoms with Crippen molar-refractivity contribution in [3.8, 4) is 0 Å². The molecule has 1 aromatic carbocycles. The number of urea groups is 1. The van der Waals surface area contributed by atoms with Gasteiger partial charge in [-0.3, -0.25) is 4.79 Å². The number of hydrogen-bond acceptors (Lipinski definition) is 3. The lowest BCUT2D eigenvalue weighted by atomic mass is 10.2. The van der Waals surface area contributed by atoms with Crippen molar-refractivity contribution in [2.24, 2.45) is 0 Å². The number of rotatable bonds is 4. The molecule has 5 heteroatoms. The van der Waals surface area contributed by atoms with Gasteiger partial charge < -0.3 is 10.1 Å². The molecule has 1 aliphatic rings. The summed E-state index contributed by atoms with van der Waals surface area (Å²) in [6.07, 6.45) is 0. The van der Waals surface area contributed by atoms with E-state index in [9.17, 15) is 9.59 Å². The molecule has 1 aromatic rings. The maximum Gasteiger partial charge on any atom is 0.326 e. The van der Waals surface area contributed by atoms with Gasteiger partial charge in [0.15, 0.2) is 0 Å². The molecule has 0 unspecified atom stereocenters. The molecule has 1 N–H and O–H groups in total. The quantitative estimate of drug-likeness (QED) is 0.794. The first kappa shape index (κ1) is 11.6. The number of amides is 3. The Bertz CT molecular complexity index is 419. The van der Waals surface area contributed by atoms with Gasteiger partial charge >= 0.3 is 6.03 Å². The number of hydrogen-bond donors (Lipinski definition) is 1. The van der Waals surface area contributed by atoms with Crippen LogP contribution in [0.1, 0.15) is 12.5 Å². The molecule has 0 bridgehead atoms. The molecule has 90 valence electrons. The fourth-order valence-electron chi connectivity index (χ4n) is 1.61. The summed E-state index contributed by atoms with van der Waals surface area (Å²) in [6, 6.07) is 8.74. The molecule has 1 fully saturated rings. The summed E-state index contributed by atoms with van der Waals surface area (Å²) in [4.78, 5) is 23.9. The molecule has 1 saturated heterocycles. The lowest BCUT2D eigenvalue weighted by Gasteiger charge is -2.12. The van der Waals surface area contributed by atoms with Crippen molar-refractivity contribution in [1.29, 1.82) is 0 Å². The summed E-state index contributed by atoms with van der Waals surface area (Å²) in [5, 5.41) is 2.52. The van der Waals surface area contributed by atoms with Crippen LogP contribution in [0.3, 0.4) is 0 Å². The highest BCUT2D eigenvalue weighted by atomic mass is 16.5. The standard InChI is InChI=1S/C12H14N2O3/c1-9-11(15)14(12(16)13-9)8-17-7-10-5-3-2-4-6-10/h2-6,9H,7-8H2,1H3,(H,13,16)/t9-/m0/s1. The average molecular weight is 234 g/mol. The highest BCUT2D eigenvalue weighted by Gasteiger charge is 2.34. The molecule has 17 heavy (non-hydrogen) atoms. The van der Waals surface area contributed by atoms with E-state index in [0.29, 0.717) is 6.61 Å². The maximum absolute atomic E-state index is 11.5. The summed E-state index contributed by atoms with van der Waals surface area (Å²) >= 11 is 0. The molecule has 0 aliphatic carbocycles. The van der Waals surface area contributed by atoms with E-state index in [4.69, 9.17) is 4.74 Å². The third-order valence-corrected chi connectivity index (χ3v) is 2.55. The Morgan fingerprint density at radius 3 is 2.59 bits per heavy atom. The van der Waals surface area contributed by atoms with Crippen LogP contribution in [0.2, 0.25) is 0 Å². The summed E-state index contributed by atoms with van der Waals surface area (Å²) < 4.78 is 5.34. The smallest absolute Gasteiger partial charge is 0.326 e. The minimum Gasteiger partial charge on any atom is -0.356 e. The van der Waals surface area contributed by atoms with Gasteiger partial charge in [-0.25, -0.2) is 9.69 Å². The molecule has 1 atom stereocenters. The van der Waals surface area contributed by atoms with Gasteiger partial charge in [0.05, 0.1) is 6.61 Å². The highest BCUT2D eigenvalue weighted by molar-refractivity contribution is 6.03. The molecule has 5 nitrogen and oxygen atoms in total. The largest absolute Gasteiger partial charge is 0.356 e. The zero-order chi connectivity index (χ0) is 12.3. The van der Waals surface area contributed by atoms with Crippen LogP contribution in [-0.2, 0) is 16.1 Å². The van der Waals surface area contributed by atoms with Crippen LogP contribution in [0.25, 0.3) is 0 Å². The summed E-state index contributed by atoms with van der Waals surface area (Å²) in [5.74, 6) is -0.247. The number of imide groups is 1. The number of ether oxygens (including phenoxy) is 1. The highest BCUT2D eigenvalue weighted by Crippen LogP contribution is 2.07. The van der Waals surface area contributed by atoms with Gasteiger partial charge in [-0.15, -0.1) is 0 Å². The number of carbonyl (C=O) groups excluding carboxylic acids is 2. The Labute approximate surface area is 99.4 Å². The van der Waals surface area contributed by atoms with Crippen molar-refractivity contribution >= 4 is 11.9 Å². The molecule has 0 aromatic heterocycles. The van der Waals surface area contributed by atoms with Crippen LogP contribution in [0, 0.1) is 0 Å². The van der Waals surface area contributed by atoms with Crippen molar-refractivity contribution < 1.29 is 14.3 Å². The van der Waals surface area contributed by atoms with Crippen molar-refractivity contribution in [2.75, 3.05) is 6.73 Å². The minimum atomic E-state index is -0.456. The van der Waals surface area contributed by atoms with Gasteiger partial charge in [0.1, 0.15) is 12.8 Å². The lowest BCUT2D eigenvalue weighted by molar-refractivity contribution is -0.131. The van der Waals surface area contributed by atoms with Crippen LogP contribution >= 0.6 is 0 Å². The average Bonchev–Trinajstić information content (AvgIpc) is 2.57. The Morgan fingerprint density at radius 1 is 1.29 bits per heavy atom. The van der Waals surface area contributed by atoms with Gasteiger partial charge in [-0.1, -0.05) is 30.3 Å². The SMILES string of the molecule is C[C@@H]1NC(=O)N(COCc2ccccc2)C1=O. The predicted molar refractivity (Wildman–Crippen MR) is 60.9 cm³/mol. The fourth-order valence-corrected chi connectivity index (χ4v) is 1.61. The van der Waals surface area contributed by atoms with Crippen LogP contribution < -0.4 is 5.32 Å². The molecular weight excluding hydrogens is 220 g/mol. The minimum absolute atomic E-state index is 0.0100. The van der Waals surface area contributed by atoms with Crippen molar-refractivity contribution in [3.63, 3.8) is 0 Å². The topological polar surface area (TPSA) is 58.6 Å². The second kappa shape index (κ2) is 4.97. The van der Waals surface area contributed by atoms with E-state index in [0.717, 1.165) is 10.5 Å². The summed E-state index contributed by atoms with van der Waals surface area (Å²) in [7, 11) is 0. The van der Waals surface area contributed by atoms with Crippen LogP contribution in [-0.4, -0.2) is 29.6 Å². The molecule has 0 spiro atoms. The van der Waals surface area contributed by atoms with Crippen molar-refractivity contribution in [1.82, 2.24) is 10.2 Å². The van der Waals surface area contributed by atoms with Crippen molar-refractivity contribution in [3.05, 3.63) is 35.9 Å². The van der Waals surface area contributed by atoms with Crippen molar-refractivity contribution in [2.45, 2.75) is 19.6 Å². The third-order valence-electron chi connectivity index (χ3n) is 2.55. The van der Waals surface area contributed by atoms with E-state index < -0.39 is 12.1 Å². The van der Waals surface area contributed by atoms with Gasteiger partial charge in [0.2, 0.25) is 0 Å². The Balaban J connectivity index is 1.83. The number of benzene rings is 1. The van der Waals surface area contributed by atoms with Gasteiger partial charge in [-0.05, 0) is 12.5 Å². The first-order chi connectivity index (χ1) is 8.18. The monoisotopic (exact) mass is 234 g/mol. The second-order valence-corrected chi connectivity index (χ2v) is 3.90. The first-order valence-electron chi connectivity index (χ1n) is 5.42. The number of nitrogens with zero attached hydrogens (tertiary/aromatic N) is 1. The molecular formula is C12H14N2O3. The normalized spacial score (nSPS) is 19.6. The summed E-state index contributed by atoms with van der Waals surface area (Å²) in [5.41, 5.74) is 1.01. The zero-order valence-electron chi connectivity index (χ0n) is 9.55. The van der Waals surface area contributed by atoms with Gasteiger partial charge in [0, 0.05) is 0 Å². The van der Waals surface area contributed by atoms with E-state index in [-0.39, 0.29) is 12.6 Å². The molecule has 1 heterocycles. The maximum atomic E-state index is 11.5.